The van der Waals surface area contributed by atoms with E-state index >= 15 is 0 Å². The number of hydrogen-bond acceptors (Lipinski definition) is 2. The molecule has 0 saturated heterocycles. The molecule has 0 spiro atoms. The molecule has 2 heteroatoms. The SMILES string of the molecule is COc1ccccc1[C@@](C)(O)C1CC1. The molecular formula is C12H16O2. The van der Waals surface area contributed by atoms with Gasteiger partial charge < -0.3 is 9.84 Å². The minimum absolute atomic E-state index is 0.402. The molecule has 76 valence electrons. The highest BCUT2D eigenvalue weighted by atomic mass is 16.5. The van der Waals surface area contributed by atoms with Gasteiger partial charge in [0.05, 0.1) is 12.7 Å². The molecular weight excluding hydrogens is 176 g/mol. The number of rotatable bonds is 3. The third kappa shape index (κ3) is 1.50. The van der Waals surface area contributed by atoms with E-state index in [2.05, 4.69) is 0 Å². The van der Waals surface area contributed by atoms with Crippen molar-refractivity contribution in [3.63, 3.8) is 0 Å². The molecule has 0 heterocycles. The molecule has 1 saturated carbocycles. The zero-order valence-corrected chi connectivity index (χ0v) is 8.66. The topological polar surface area (TPSA) is 29.5 Å². The van der Waals surface area contributed by atoms with Crippen molar-refractivity contribution >= 4 is 0 Å². The lowest BCUT2D eigenvalue weighted by atomic mass is 9.90. The third-order valence-electron chi connectivity index (χ3n) is 3.02. The average molecular weight is 192 g/mol. The summed E-state index contributed by atoms with van der Waals surface area (Å²) in [5.41, 5.74) is 0.178. The van der Waals surface area contributed by atoms with Gasteiger partial charge >= 0.3 is 0 Å². The summed E-state index contributed by atoms with van der Waals surface area (Å²) in [6.45, 7) is 1.88. The van der Waals surface area contributed by atoms with Gasteiger partial charge in [0.1, 0.15) is 5.75 Å². The number of para-hydroxylation sites is 1. The minimum atomic E-state index is -0.730. The highest BCUT2D eigenvalue weighted by molar-refractivity contribution is 5.38. The number of aliphatic hydroxyl groups is 1. The summed E-state index contributed by atoms with van der Waals surface area (Å²) >= 11 is 0. The van der Waals surface area contributed by atoms with Gasteiger partial charge in [-0.2, -0.15) is 0 Å². The number of benzene rings is 1. The Balaban J connectivity index is 2.38. The van der Waals surface area contributed by atoms with Gasteiger partial charge in [0.2, 0.25) is 0 Å². The van der Waals surface area contributed by atoms with Crippen LogP contribution in [0, 0.1) is 5.92 Å². The van der Waals surface area contributed by atoms with Gasteiger partial charge in [-0.25, -0.2) is 0 Å². The summed E-state index contributed by atoms with van der Waals surface area (Å²) in [4.78, 5) is 0. The van der Waals surface area contributed by atoms with Crippen LogP contribution in [0.25, 0.3) is 0 Å². The number of methoxy groups -OCH3 is 1. The lowest BCUT2D eigenvalue weighted by molar-refractivity contribution is 0.0307. The van der Waals surface area contributed by atoms with Gasteiger partial charge in [-0.05, 0) is 31.7 Å². The molecule has 1 aliphatic rings. The van der Waals surface area contributed by atoms with Crippen LogP contribution in [0.3, 0.4) is 0 Å². The van der Waals surface area contributed by atoms with E-state index in [1.165, 1.54) is 0 Å². The summed E-state index contributed by atoms with van der Waals surface area (Å²) in [5.74, 6) is 1.18. The van der Waals surface area contributed by atoms with Crippen LogP contribution in [0.5, 0.6) is 5.75 Å². The van der Waals surface area contributed by atoms with E-state index in [0.29, 0.717) is 5.92 Å². The Labute approximate surface area is 84.5 Å². The predicted molar refractivity (Wildman–Crippen MR) is 55.3 cm³/mol. The maximum atomic E-state index is 10.4. The summed E-state index contributed by atoms with van der Waals surface area (Å²) in [5, 5.41) is 10.4. The Hall–Kier alpha value is -1.02. The molecule has 1 N–H and O–H groups in total. The van der Waals surface area contributed by atoms with Crippen molar-refractivity contribution in [1.82, 2.24) is 0 Å². The molecule has 0 amide bonds. The van der Waals surface area contributed by atoms with Crippen molar-refractivity contribution < 1.29 is 9.84 Å². The van der Waals surface area contributed by atoms with Crippen molar-refractivity contribution in [2.45, 2.75) is 25.4 Å². The Kier molecular flexibility index (Phi) is 2.23. The maximum Gasteiger partial charge on any atom is 0.124 e. The largest absolute Gasteiger partial charge is 0.496 e. The lowest BCUT2D eigenvalue weighted by Gasteiger charge is -2.25. The highest BCUT2D eigenvalue weighted by Gasteiger charge is 2.42. The van der Waals surface area contributed by atoms with E-state index in [0.717, 1.165) is 24.2 Å². The molecule has 1 fully saturated rings. The van der Waals surface area contributed by atoms with E-state index in [9.17, 15) is 5.11 Å². The number of hydrogen-bond donors (Lipinski definition) is 1. The first kappa shape index (κ1) is 9.53. The van der Waals surface area contributed by atoms with Crippen molar-refractivity contribution in [3.8, 4) is 5.75 Å². The number of ether oxygens (including phenoxy) is 1. The Morgan fingerprint density at radius 2 is 2.00 bits per heavy atom. The monoisotopic (exact) mass is 192 g/mol. The van der Waals surface area contributed by atoms with Crippen LogP contribution in [-0.4, -0.2) is 12.2 Å². The second kappa shape index (κ2) is 3.28. The van der Waals surface area contributed by atoms with Crippen LogP contribution in [0.4, 0.5) is 0 Å². The molecule has 14 heavy (non-hydrogen) atoms. The fourth-order valence-corrected chi connectivity index (χ4v) is 1.93. The Bertz CT molecular complexity index is 327. The van der Waals surface area contributed by atoms with Gasteiger partial charge in [0.15, 0.2) is 0 Å². The van der Waals surface area contributed by atoms with E-state index in [4.69, 9.17) is 4.74 Å². The molecule has 0 aliphatic heterocycles. The molecule has 1 aromatic carbocycles. The normalized spacial score (nSPS) is 20.2. The third-order valence-corrected chi connectivity index (χ3v) is 3.02. The zero-order chi connectivity index (χ0) is 10.2. The van der Waals surface area contributed by atoms with Crippen LogP contribution < -0.4 is 4.74 Å². The molecule has 0 unspecified atom stereocenters. The Morgan fingerprint density at radius 1 is 1.36 bits per heavy atom. The van der Waals surface area contributed by atoms with Gasteiger partial charge in [0.25, 0.3) is 0 Å². The summed E-state index contributed by atoms with van der Waals surface area (Å²) < 4.78 is 5.25. The van der Waals surface area contributed by atoms with Crippen molar-refractivity contribution in [1.29, 1.82) is 0 Å². The van der Waals surface area contributed by atoms with Crippen LogP contribution in [-0.2, 0) is 5.60 Å². The van der Waals surface area contributed by atoms with Crippen molar-refractivity contribution in [3.05, 3.63) is 29.8 Å². The van der Waals surface area contributed by atoms with Gasteiger partial charge in [0, 0.05) is 5.56 Å². The fraction of sp³-hybridized carbons (Fsp3) is 0.500. The van der Waals surface area contributed by atoms with Crippen LogP contribution in [0.15, 0.2) is 24.3 Å². The summed E-state index contributed by atoms with van der Waals surface area (Å²) in [6, 6.07) is 7.70. The zero-order valence-electron chi connectivity index (χ0n) is 8.66. The van der Waals surface area contributed by atoms with Gasteiger partial charge in [-0.1, -0.05) is 18.2 Å². The van der Waals surface area contributed by atoms with Crippen molar-refractivity contribution in [2.24, 2.45) is 5.92 Å². The second-order valence-electron chi connectivity index (χ2n) is 4.12. The van der Waals surface area contributed by atoms with Gasteiger partial charge in [-0.15, -0.1) is 0 Å². The summed E-state index contributed by atoms with van der Waals surface area (Å²) in [7, 11) is 1.64. The molecule has 0 radical (unpaired) electrons. The van der Waals surface area contributed by atoms with Gasteiger partial charge in [-0.3, -0.25) is 0 Å². The highest BCUT2D eigenvalue weighted by Crippen LogP contribution is 2.47. The molecule has 2 rings (SSSR count). The minimum Gasteiger partial charge on any atom is -0.496 e. The molecule has 0 bridgehead atoms. The summed E-state index contributed by atoms with van der Waals surface area (Å²) in [6.07, 6.45) is 2.23. The van der Waals surface area contributed by atoms with E-state index in [-0.39, 0.29) is 0 Å². The average Bonchev–Trinajstić information content (AvgIpc) is 3.01. The van der Waals surface area contributed by atoms with Crippen LogP contribution in [0.1, 0.15) is 25.3 Å². The first-order valence-electron chi connectivity index (χ1n) is 5.02. The standard InChI is InChI=1S/C12H16O2/c1-12(13,9-7-8-9)10-5-3-4-6-11(10)14-2/h3-6,9,13H,7-8H2,1-2H3/t12-/m0/s1. The van der Waals surface area contributed by atoms with E-state index in [1.807, 2.05) is 31.2 Å². The molecule has 1 aliphatic carbocycles. The quantitative estimate of drug-likeness (QED) is 0.796. The van der Waals surface area contributed by atoms with E-state index in [1.54, 1.807) is 7.11 Å². The smallest absolute Gasteiger partial charge is 0.124 e. The predicted octanol–water partition coefficient (Wildman–Crippen LogP) is 2.31. The first-order valence-corrected chi connectivity index (χ1v) is 5.02. The fourth-order valence-electron chi connectivity index (χ4n) is 1.93. The molecule has 2 nitrogen and oxygen atoms in total. The van der Waals surface area contributed by atoms with E-state index < -0.39 is 5.60 Å². The maximum absolute atomic E-state index is 10.4. The molecule has 0 aromatic heterocycles. The lowest BCUT2D eigenvalue weighted by Crippen LogP contribution is -2.24. The van der Waals surface area contributed by atoms with Crippen LogP contribution in [0.2, 0.25) is 0 Å². The molecule has 1 aromatic rings. The molecule has 1 atom stereocenters. The van der Waals surface area contributed by atoms with Crippen LogP contribution >= 0.6 is 0 Å². The Morgan fingerprint density at radius 3 is 2.57 bits per heavy atom. The second-order valence-corrected chi connectivity index (χ2v) is 4.12. The van der Waals surface area contributed by atoms with Crippen molar-refractivity contribution in [2.75, 3.05) is 7.11 Å². The first-order chi connectivity index (χ1) is 6.66.